The van der Waals surface area contributed by atoms with Crippen molar-refractivity contribution in [3.8, 4) is 0 Å². The van der Waals surface area contributed by atoms with Gasteiger partial charge in [0, 0.05) is 11.6 Å². The Hall–Kier alpha value is -0.120. The fourth-order valence-corrected chi connectivity index (χ4v) is 1.40. The first-order chi connectivity index (χ1) is 6.54. The highest BCUT2D eigenvalue weighted by atomic mass is 16.5. The lowest BCUT2D eigenvalue weighted by atomic mass is 9.90. The largest absolute Gasteiger partial charge is 0.375 e. The van der Waals surface area contributed by atoms with E-state index >= 15 is 0 Å². The van der Waals surface area contributed by atoms with Gasteiger partial charge in [-0.1, -0.05) is 6.92 Å². The van der Waals surface area contributed by atoms with E-state index in [9.17, 15) is 0 Å². The van der Waals surface area contributed by atoms with Gasteiger partial charge in [0.2, 0.25) is 0 Å². The fraction of sp³-hybridized carbons (Fsp3) is 1.00. The van der Waals surface area contributed by atoms with E-state index in [-0.39, 0.29) is 17.2 Å². The van der Waals surface area contributed by atoms with E-state index in [1.807, 2.05) is 20.8 Å². The molecule has 2 atom stereocenters. The molecule has 15 heavy (non-hydrogen) atoms. The summed E-state index contributed by atoms with van der Waals surface area (Å²) >= 11 is 0. The second kappa shape index (κ2) is 5.28. The minimum absolute atomic E-state index is 0.159. The Morgan fingerprint density at radius 2 is 1.60 bits per heavy atom. The van der Waals surface area contributed by atoms with Crippen molar-refractivity contribution >= 4 is 0 Å². The van der Waals surface area contributed by atoms with E-state index in [1.165, 1.54) is 0 Å². The zero-order valence-electron chi connectivity index (χ0n) is 11.1. The molecule has 0 radical (unpaired) electrons. The first-order valence-electron chi connectivity index (χ1n) is 5.73. The van der Waals surface area contributed by atoms with Gasteiger partial charge in [-0.3, -0.25) is 0 Å². The maximum absolute atomic E-state index is 6.00. The van der Waals surface area contributed by atoms with Crippen molar-refractivity contribution in [2.45, 2.75) is 65.1 Å². The van der Waals surface area contributed by atoms with Crippen LogP contribution in [0.3, 0.4) is 0 Å². The van der Waals surface area contributed by atoms with Crippen LogP contribution in [0.4, 0.5) is 0 Å². The summed E-state index contributed by atoms with van der Waals surface area (Å²) in [6.45, 7) is 13.0. The summed E-state index contributed by atoms with van der Waals surface area (Å²) in [5.41, 5.74) is 11.4. The van der Waals surface area contributed by atoms with Gasteiger partial charge >= 0.3 is 0 Å². The van der Waals surface area contributed by atoms with Crippen LogP contribution in [0.25, 0.3) is 0 Å². The van der Waals surface area contributed by atoms with Crippen molar-refractivity contribution in [2.75, 3.05) is 6.61 Å². The van der Waals surface area contributed by atoms with Crippen LogP contribution < -0.4 is 11.5 Å². The zero-order chi connectivity index (χ0) is 12.3. The Morgan fingerprint density at radius 3 is 1.93 bits per heavy atom. The molecule has 1 unspecified atom stereocenters. The Balaban J connectivity index is 4.04. The van der Waals surface area contributed by atoms with Crippen LogP contribution >= 0.6 is 0 Å². The molecule has 0 aliphatic carbocycles. The first-order valence-corrected chi connectivity index (χ1v) is 5.73. The highest BCUT2D eigenvalue weighted by molar-refractivity contribution is 4.80. The normalized spacial score (nSPS) is 17.6. The molecular weight excluding hydrogens is 188 g/mol. The summed E-state index contributed by atoms with van der Waals surface area (Å²) in [6.07, 6.45) is 0.866. The average Bonchev–Trinajstić information content (AvgIpc) is 1.95. The molecule has 0 rings (SSSR count). The van der Waals surface area contributed by atoms with Gasteiger partial charge in [-0.15, -0.1) is 0 Å². The molecule has 0 spiro atoms. The molecule has 0 saturated carbocycles. The van der Waals surface area contributed by atoms with E-state index in [0.717, 1.165) is 6.42 Å². The third-order valence-corrected chi connectivity index (χ3v) is 2.81. The van der Waals surface area contributed by atoms with Gasteiger partial charge in [-0.05, 0) is 47.0 Å². The Labute approximate surface area is 94.5 Å². The number of nitrogens with two attached hydrogens (primary N) is 2. The van der Waals surface area contributed by atoms with Crippen LogP contribution in [0.2, 0.25) is 0 Å². The molecule has 3 heteroatoms. The Morgan fingerprint density at radius 1 is 1.13 bits per heavy atom. The van der Waals surface area contributed by atoms with Gasteiger partial charge in [-0.25, -0.2) is 0 Å². The van der Waals surface area contributed by atoms with E-state index in [1.54, 1.807) is 0 Å². The van der Waals surface area contributed by atoms with Gasteiger partial charge < -0.3 is 16.2 Å². The molecule has 92 valence electrons. The summed E-state index contributed by atoms with van der Waals surface area (Å²) in [4.78, 5) is 0. The van der Waals surface area contributed by atoms with Gasteiger partial charge in [0.25, 0.3) is 0 Å². The van der Waals surface area contributed by atoms with Gasteiger partial charge in [-0.2, -0.15) is 0 Å². The predicted molar refractivity (Wildman–Crippen MR) is 65.7 cm³/mol. The van der Waals surface area contributed by atoms with E-state index in [0.29, 0.717) is 12.5 Å². The molecule has 0 fully saturated rings. The minimum atomic E-state index is -0.190. The Bertz CT molecular complexity index is 183. The van der Waals surface area contributed by atoms with Crippen molar-refractivity contribution in [1.82, 2.24) is 0 Å². The lowest BCUT2D eigenvalue weighted by molar-refractivity contribution is -0.0492. The van der Waals surface area contributed by atoms with Crippen molar-refractivity contribution in [3.63, 3.8) is 0 Å². The third kappa shape index (κ3) is 6.88. The van der Waals surface area contributed by atoms with Crippen molar-refractivity contribution in [3.05, 3.63) is 0 Å². The quantitative estimate of drug-likeness (QED) is 0.713. The molecule has 4 N–H and O–H groups in total. The second-order valence-corrected chi connectivity index (χ2v) is 5.97. The molecular formula is C12H28N2O. The number of rotatable bonds is 6. The molecule has 0 aromatic carbocycles. The highest BCUT2D eigenvalue weighted by Crippen LogP contribution is 2.20. The molecule has 0 bridgehead atoms. The highest BCUT2D eigenvalue weighted by Gasteiger charge is 2.25. The van der Waals surface area contributed by atoms with Crippen LogP contribution in [0, 0.1) is 5.92 Å². The standard InChI is InChI=1S/C12H28N2O/c1-9(12(5,6)14)8-15-11(3,4)7-10(2)13/h9-10H,7-8,13-14H2,1-6H3/t9-,10?/m1/s1. The molecule has 0 aromatic heterocycles. The van der Waals surface area contributed by atoms with Crippen LogP contribution in [0.15, 0.2) is 0 Å². The SMILES string of the molecule is CC(N)CC(C)(C)OC[C@@H](C)C(C)(C)N. The lowest BCUT2D eigenvalue weighted by Gasteiger charge is -2.33. The van der Waals surface area contributed by atoms with Gasteiger partial charge in [0.15, 0.2) is 0 Å². The summed E-state index contributed by atoms with van der Waals surface area (Å²) in [5, 5.41) is 0. The van der Waals surface area contributed by atoms with E-state index in [2.05, 4.69) is 20.8 Å². The van der Waals surface area contributed by atoms with Gasteiger partial charge in [0.1, 0.15) is 0 Å². The number of ether oxygens (including phenoxy) is 1. The van der Waals surface area contributed by atoms with Gasteiger partial charge in [0.05, 0.1) is 12.2 Å². The summed E-state index contributed by atoms with van der Waals surface area (Å²) in [5.74, 6) is 0.338. The monoisotopic (exact) mass is 216 g/mol. The van der Waals surface area contributed by atoms with Crippen molar-refractivity contribution in [1.29, 1.82) is 0 Å². The zero-order valence-corrected chi connectivity index (χ0v) is 11.1. The topological polar surface area (TPSA) is 61.3 Å². The average molecular weight is 216 g/mol. The summed E-state index contributed by atoms with van der Waals surface area (Å²) in [6, 6.07) is 0.168. The van der Waals surface area contributed by atoms with E-state index in [4.69, 9.17) is 16.2 Å². The first kappa shape index (κ1) is 14.9. The predicted octanol–water partition coefficient (Wildman–Crippen LogP) is 1.89. The Kier molecular flexibility index (Phi) is 5.24. The van der Waals surface area contributed by atoms with Crippen LogP contribution in [-0.4, -0.2) is 23.8 Å². The maximum Gasteiger partial charge on any atom is 0.0641 e. The summed E-state index contributed by atoms with van der Waals surface area (Å²) in [7, 11) is 0. The second-order valence-electron chi connectivity index (χ2n) is 5.97. The number of hydrogen-bond acceptors (Lipinski definition) is 3. The van der Waals surface area contributed by atoms with Crippen LogP contribution in [-0.2, 0) is 4.74 Å². The molecule has 0 aliphatic heterocycles. The molecule has 0 saturated heterocycles. The van der Waals surface area contributed by atoms with Crippen LogP contribution in [0.5, 0.6) is 0 Å². The van der Waals surface area contributed by atoms with E-state index < -0.39 is 0 Å². The number of hydrogen-bond donors (Lipinski definition) is 2. The minimum Gasteiger partial charge on any atom is -0.375 e. The molecule has 0 aliphatic rings. The lowest BCUT2D eigenvalue weighted by Crippen LogP contribution is -2.43. The molecule has 0 amide bonds. The van der Waals surface area contributed by atoms with Crippen molar-refractivity contribution in [2.24, 2.45) is 17.4 Å². The summed E-state index contributed by atoms with van der Waals surface area (Å²) < 4.78 is 5.87. The molecule has 0 heterocycles. The molecule has 3 nitrogen and oxygen atoms in total. The smallest absolute Gasteiger partial charge is 0.0641 e. The van der Waals surface area contributed by atoms with Crippen molar-refractivity contribution < 1.29 is 4.74 Å². The maximum atomic E-state index is 6.00. The third-order valence-electron chi connectivity index (χ3n) is 2.81. The van der Waals surface area contributed by atoms with Crippen LogP contribution in [0.1, 0.15) is 48.0 Å². The molecule has 0 aromatic rings. The fourth-order valence-electron chi connectivity index (χ4n) is 1.40.